The lowest BCUT2D eigenvalue weighted by Gasteiger charge is -2.10. The molecule has 0 aliphatic carbocycles. The standard InChI is InChI=1S/C14H13BrFNO/c1-8-3-4-10(6-12(8)16)18-14-5-9(2)13(17)7-11(14)15/h3-7H,17H2,1-2H3. The molecule has 0 fully saturated rings. The highest BCUT2D eigenvalue weighted by molar-refractivity contribution is 9.10. The van der Waals surface area contributed by atoms with Crippen LogP contribution in [0.2, 0.25) is 0 Å². The Balaban J connectivity index is 2.34. The SMILES string of the molecule is Cc1cc(Oc2ccc(C)c(F)c2)c(Br)cc1N. The van der Waals surface area contributed by atoms with Gasteiger partial charge < -0.3 is 10.5 Å². The van der Waals surface area contributed by atoms with Crippen LogP contribution in [-0.2, 0) is 0 Å². The molecule has 0 saturated carbocycles. The molecule has 0 heterocycles. The summed E-state index contributed by atoms with van der Waals surface area (Å²) in [5.41, 5.74) is 7.98. The van der Waals surface area contributed by atoms with Crippen LogP contribution in [0.15, 0.2) is 34.8 Å². The molecule has 0 saturated heterocycles. The van der Waals surface area contributed by atoms with E-state index in [9.17, 15) is 4.39 Å². The van der Waals surface area contributed by atoms with E-state index in [0.29, 0.717) is 22.7 Å². The molecule has 0 spiro atoms. The molecule has 0 amide bonds. The molecule has 94 valence electrons. The van der Waals surface area contributed by atoms with E-state index in [1.807, 2.05) is 13.0 Å². The Morgan fingerprint density at radius 3 is 2.50 bits per heavy atom. The van der Waals surface area contributed by atoms with Gasteiger partial charge >= 0.3 is 0 Å². The van der Waals surface area contributed by atoms with Crippen LogP contribution in [-0.4, -0.2) is 0 Å². The molecule has 2 aromatic carbocycles. The Hall–Kier alpha value is -1.55. The lowest BCUT2D eigenvalue weighted by Crippen LogP contribution is -1.93. The molecule has 0 aromatic heterocycles. The van der Waals surface area contributed by atoms with Crippen LogP contribution < -0.4 is 10.5 Å². The fourth-order valence-electron chi connectivity index (χ4n) is 1.51. The van der Waals surface area contributed by atoms with Crippen LogP contribution in [0.1, 0.15) is 11.1 Å². The van der Waals surface area contributed by atoms with Crippen molar-refractivity contribution < 1.29 is 9.13 Å². The topological polar surface area (TPSA) is 35.2 Å². The van der Waals surface area contributed by atoms with Gasteiger partial charge in [-0.2, -0.15) is 0 Å². The van der Waals surface area contributed by atoms with Crippen molar-refractivity contribution in [3.05, 3.63) is 51.7 Å². The van der Waals surface area contributed by atoms with Crippen LogP contribution >= 0.6 is 15.9 Å². The number of ether oxygens (including phenoxy) is 1. The van der Waals surface area contributed by atoms with Gasteiger partial charge in [-0.25, -0.2) is 4.39 Å². The van der Waals surface area contributed by atoms with Gasteiger partial charge in [0.1, 0.15) is 17.3 Å². The number of anilines is 1. The summed E-state index contributed by atoms with van der Waals surface area (Å²) < 4.78 is 19.8. The summed E-state index contributed by atoms with van der Waals surface area (Å²) in [5, 5.41) is 0. The van der Waals surface area contributed by atoms with Crippen molar-refractivity contribution in [3.8, 4) is 11.5 Å². The number of rotatable bonds is 2. The highest BCUT2D eigenvalue weighted by Crippen LogP contribution is 2.33. The van der Waals surface area contributed by atoms with Gasteiger partial charge in [0.05, 0.1) is 4.47 Å². The van der Waals surface area contributed by atoms with Crippen LogP contribution in [0, 0.1) is 19.7 Å². The number of nitrogens with two attached hydrogens (primary N) is 1. The van der Waals surface area contributed by atoms with Crippen molar-refractivity contribution in [3.63, 3.8) is 0 Å². The number of hydrogen-bond donors (Lipinski definition) is 1. The third-order valence-corrected chi connectivity index (χ3v) is 3.31. The molecule has 0 bridgehead atoms. The first-order chi connectivity index (χ1) is 8.47. The first kappa shape index (κ1) is 12.9. The van der Waals surface area contributed by atoms with E-state index >= 15 is 0 Å². The Morgan fingerprint density at radius 1 is 1.11 bits per heavy atom. The van der Waals surface area contributed by atoms with Gasteiger partial charge in [-0.15, -0.1) is 0 Å². The van der Waals surface area contributed by atoms with Gasteiger partial charge in [-0.1, -0.05) is 6.07 Å². The van der Waals surface area contributed by atoms with E-state index in [1.165, 1.54) is 6.07 Å². The van der Waals surface area contributed by atoms with E-state index < -0.39 is 0 Å². The van der Waals surface area contributed by atoms with E-state index in [2.05, 4.69) is 15.9 Å². The molecule has 2 rings (SSSR count). The highest BCUT2D eigenvalue weighted by Gasteiger charge is 2.07. The van der Waals surface area contributed by atoms with Gasteiger partial charge in [0.25, 0.3) is 0 Å². The Kier molecular flexibility index (Phi) is 3.57. The Labute approximate surface area is 114 Å². The molecule has 2 N–H and O–H groups in total. The Bertz CT molecular complexity index is 599. The van der Waals surface area contributed by atoms with E-state index in [-0.39, 0.29) is 5.82 Å². The smallest absolute Gasteiger partial charge is 0.142 e. The second-order valence-corrected chi connectivity index (χ2v) is 5.01. The molecule has 0 atom stereocenters. The quantitative estimate of drug-likeness (QED) is 0.824. The maximum atomic E-state index is 13.4. The predicted molar refractivity (Wildman–Crippen MR) is 74.5 cm³/mol. The second-order valence-electron chi connectivity index (χ2n) is 4.15. The average molecular weight is 310 g/mol. The first-order valence-corrected chi connectivity index (χ1v) is 6.26. The number of hydrogen-bond acceptors (Lipinski definition) is 2. The molecule has 0 aliphatic rings. The zero-order valence-corrected chi connectivity index (χ0v) is 11.7. The maximum absolute atomic E-state index is 13.4. The summed E-state index contributed by atoms with van der Waals surface area (Å²) in [6.07, 6.45) is 0. The normalized spacial score (nSPS) is 10.4. The molecule has 18 heavy (non-hydrogen) atoms. The van der Waals surface area contributed by atoms with Crippen molar-refractivity contribution in [2.45, 2.75) is 13.8 Å². The second kappa shape index (κ2) is 4.98. The van der Waals surface area contributed by atoms with Crippen molar-refractivity contribution in [1.29, 1.82) is 0 Å². The molecular formula is C14H13BrFNO. The van der Waals surface area contributed by atoms with Gasteiger partial charge in [-0.3, -0.25) is 0 Å². The zero-order valence-electron chi connectivity index (χ0n) is 10.1. The monoisotopic (exact) mass is 309 g/mol. The molecule has 0 radical (unpaired) electrons. The van der Waals surface area contributed by atoms with E-state index in [4.69, 9.17) is 10.5 Å². The summed E-state index contributed by atoms with van der Waals surface area (Å²) in [5.74, 6) is 0.795. The largest absolute Gasteiger partial charge is 0.456 e. The third-order valence-electron chi connectivity index (χ3n) is 2.69. The first-order valence-electron chi connectivity index (χ1n) is 5.47. The van der Waals surface area contributed by atoms with Crippen LogP contribution in [0.4, 0.5) is 10.1 Å². The molecule has 4 heteroatoms. The molecular weight excluding hydrogens is 297 g/mol. The minimum Gasteiger partial charge on any atom is -0.456 e. The fraction of sp³-hybridized carbons (Fsp3) is 0.143. The number of benzene rings is 2. The summed E-state index contributed by atoms with van der Waals surface area (Å²) >= 11 is 3.37. The highest BCUT2D eigenvalue weighted by atomic mass is 79.9. The molecule has 2 aromatic rings. The number of nitrogen functional groups attached to an aromatic ring is 1. The summed E-state index contributed by atoms with van der Waals surface area (Å²) in [7, 11) is 0. The molecule has 0 aliphatic heterocycles. The number of aryl methyl sites for hydroxylation is 2. The third kappa shape index (κ3) is 2.64. The summed E-state index contributed by atoms with van der Waals surface area (Å²) in [6, 6.07) is 8.37. The minimum atomic E-state index is -0.282. The fourth-order valence-corrected chi connectivity index (χ4v) is 1.95. The van der Waals surface area contributed by atoms with Crippen molar-refractivity contribution in [1.82, 2.24) is 0 Å². The van der Waals surface area contributed by atoms with Crippen molar-refractivity contribution in [2.75, 3.05) is 5.73 Å². The van der Waals surface area contributed by atoms with E-state index in [0.717, 1.165) is 10.0 Å². The zero-order chi connectivity index (χ0) is 13.3. The lowest BCUT2D eigenvalue weighted by molar-refractivity contribution is 0.473. The lowest BCUT2D eigenvalue weighted by atomic mass is 10.2. The van der Waals surface area contributed by atoms with Crippen LogP contribution in [0.25, 0.3) is 0 Å². The van der Waals surface area contributed by atoms with Gasteiger partial charge in [0.15, 0.2) is 0 Å². The molecule has 2 nitrogen and oxygen atoms in total. The van der Waals surface area contributed by atoms with Crippen LogP contribution in [0.3, 0.4) is 0 Å². The summed E-state index contributed by atoms with van der Waals surface area (Å²) in [6.45, 7) is 3.60. The predicted octanol–water partition coefficient (Wildman–Crippen LogP) is 4.58. The average Bonchev–Trinajstić information content (AvgIpc) is 2.31. The maximum Gasteiger partial charge on any atom is 0.142 e. The van der Waals surface area contributed by atoms with Crippen molar-refractivity contribution >= 4 is 21.6 Å². The minimum absolute atomic E-state index is 0.282. The van der Waals surface area contributed by atoms with E-state index in [1.54, 1.807) is 25.1 Å². The number of halogens is 2. The van der Waals surface area contributed by atoms with Crippen LogP contribution in [0.5, 0.6) is 11.5 Å². The summed E-state index contributed by atoms with van der Waals surface area (Å²) in [4.78, 5) is 0. The van der Waals surface area contributed by atoms with Crippen molar-refractivity contribution in [2.24, 2.45) is 0 Å². The van der Waals surface area contributed by atoms with Gasteiger partial charge in [0.2, 0.25) is 0 Å². The van der Waals surface area contributed by atoms with Gasteiger partial charge in [-0.05, 0) is 59.1 Å². The Morgan fingerprint density at radius 2 is 1.83 bits per heavy atom. The molecule has 0 unspecified atom stereocenters. The van der Waals surface area contributed by atoms with Gasteiger partial charge in [0, 0.05) is 11.8 Å².